The molecule has 0 amide bonds. The lowest BCUT2D eigenvalue weighted by atomic mass is 10.2. The van der Waals surface area contributed by atoms with Crippen LogP contribution < -0.4 is 5.32 Å². The summed E-state index contributed by atoms with van der Waals surface area (Å²) < 4.78 is 0. The Bertz CT molecular complexity index is 277. The molecule has 0 bridgehead atoms. The molecule has 0 unspecified atom stereocenters. The van der Waals surface area contributed by atoms with Crippen molar-refractivity contribution in [1.29, 1.82) is 0 Å². The number of aryl methyl sites for hydroxylation is 2. The summed E-state index contributed by atoms with van der Waals surface area (Å²) in [5.41, 5.74) is 1.22. The highest BCUT2D eigenvalue weighted by atomic mass is 32.1. The maximum Gasteiger partial charge on any atom is 0.0900 e. The number of rotatable bonds is 5. The highest BCUT2D eigenvalue weighted by Crippen LogP contribution is 2.16. The molecule has 3 heteroatoms. The van der Waals surface area contributed by atoms with Gasteiger partial charge in [0.25, 0.3) is 0 Å². The van der Waals surface area contributed by atoms with Crippen LogP contribution in [0.2, 0.25) is 0 Å². The quantitative estimate of drug-likeness (QED) is 0.811. The molecule has 1 aromatic heterocycles. The van der Waals surface area contributed by atoms with E-state index in [1.165, 1.54) is 28.4 Å². The van der Waals surface area contributed by atoms with Gasteiger partial charge >= 0.3 is 0 Å². The van der Waals surface area contributed by atoms with Gasteiger partial charge in [-0.3, -0.25) is 0 Å². The molecule has 0 aliphatic carbocycles. The second kappa shape index (κ2) is 5.47. The van der Waals surface area contributed by atoms with Gasteiger partial charge in [-0.1, -0.05) is 13.8 Å². The first-order valence-electron chi connectivity index (χ1n) is 5.33. The number of hydrogen-bond acceptors (Lipinski definition) is 3. The first-order valence-corrected chi connectivity index (χ1v) is 6.15. The number of nitrogens with one attached hydrogen (secondary N) is 1. The van der Waals surface area contributed by atoms with Crippen LogP contribution in [0.25, 0.3) is 0 Å². The number of hydrogen-bond donors (Lipinski definition) is 1. The molecule has 0 saturated heterocycles. The highest BCUT2D eigenvalue weighted by Gasteiger charge is 2.07. The smallest absolute Gasteiger partial charge is 0.0900 e. The van der Waals surface area contributed by atoms with Gasteiger partial charge in [0, 0.05) is 17.5 Å². The molecule has 0 saturated carbocycles. The van der Waals surface area contributed by atoms with E-state index in [2.05, 4.69) is 38.0 Å². The molecule has 0 fully saturated rings. The van der Waals surface area contributed by atoms with Crippen molar-refractivity contribution in [2.75, 3.05) is 0 Å². The van der Waals surface area contributed by atoms with Crippen molar-refractivity contribution in [2.24, 2.45) is 0 Å². The average Bonchev–Trinajstić information content (AvgIpc) is 2.47. The first-order chi connectivity index (χ1) is 6.67. The Morgan fingerprint density at radius 1 is 1.29 bits per heavy atom. The van der Waals surface area contributed by atoms with E-state index in [1.54, 1.807) is 11.3 Å². The fourth-order valence-corrected chi connectivity index (χ4v) is 2.39. The van der Waals surface area contributed by atoms with Gasteiger partial charge in [-0.15, -0.1) is 11.3 Å². The van der Waals surface area contributed by atoms with E-state index in [1.807, 2.05) is 0 Å². The predicted octanol–water partition coefficient (Wildman–Crippen LogP) is 3.04. The molecule has 0 aromatic carbocycles. The predicted molar refractivity (Wildman–Crippen MR) is 62.8 cm³/mol. The third kappa shape index (κ3) is 3.07. The van der Waals surface area contributed by atoms with E-state index >= 15 is 0 Å². The minimum atomic E-state index is 0.636. The van der Waals surface area contributed by atoms with Crippen molar-refractivity contribution in [2.45, 2.75) is 53.1 Å². The Balaban J connectivity index is 2.48. The fraction of sp³-hybridized carbons (Fsp3) is 0.727. The lowest BCUT2D eigenvalue weighted by Gasteiger charge is -2.13. The summed E-state index contributed by atoms with van der Waals surface area (Å²) in [4.78, 5) is 5.85. The second-order valence-corrected chi connectivity index (χ2v) is 5.04. The van der Waals surface area contributed by atoms with Crippen LogP contribution in [0.5, 0.6) is 0 Å². The van der Waals surface area contributed by atoms with Gasteiger partial charge in [-0.05, 0) is 26.7 Å². The maximum absolute atomic E-state index is 4.51. The second-order valence-electron chi connectivity index (χ2n) is 3.63. The van der Waals surface area contributed by atoms with Crippen molar-refractivity contribution >= 4 is 11.3 Å². The van der Waals surface area contributed by atoms with E-state index in [-0.39, 0.29) is 0 Å². The molecular weight excluding hydrogens is 192 g/mol. The van der Waals surface area contributed by atoms with Gasteiger partial charge in [0.15, 0.2) is 0 Å². The summed E-state index contributed by atoms with van der Waals surface area (Å²) in [5, 5.41) is 4.70. The molecule has 0 spiro atoms. The van der Waals surface area contributed by atoms with Crippen LogP contribution in [-0.2, 0) is 6.54 Å². The minimum Gasteiger partial charge on any atom is -0.308 e. The van der Waals surface area contributed by atoms with Crippen LogP contribution in [-0.4, -0.2) is 11.0 Å². The van der Waals surface area contributed by atoms with Crippen LogP contribution in [0.3, 0.4) is 0 Å². The van der Waals surface area contributed by atoms with E-state index in [0.29, 0.717) is 6.04 Å². The van der Waals surface area contributed by atoms with Crippen LogP contribution in [0.1, 0.15) is 42.3 Å². The third-order valence-corrected chi connectivity index (χ3v) is 3.47. The highest BCUT2D eigenvalue weighted by molar-refractivity contribution is 7.11. The zero-order valence-electron chi connectivity index (χ0n) is 9.55. The molecule has 0 atom stereocenters. The zero-order valence-corrected chi connectivity index (χ0v) is 10.4. The van der Waals surface area contributed by atoms with Gasteiger partial charge in [-0.2, -0.15) is 0 Å². The zero-order chi connectivity index (χ0) is 10.6. The SMILES string of the molecule is CCC(CC)NCc1nc(C)sc1C. The average molecular weight is 212 g/mol. The largest absolute Gasteiger partial charge is 0.308 e. The van der Waals surface area contributed by atoms with Gasteiger partial charge in [0.2, 0.25) is 0 Å². The summed E-state index contributed by atoms with van der Waals surface area (Å²) in [5.74, 6) is 0. The monoisotopic (exact) mass is 212 g/mol. The van der Waals surface area contributed by atoms with Gasteiger partial charge in [0.05, 0.1) is 10.7 Å². The molecule has 0 radical (unpaired) electrons. The van der Waals surface area contributed by atoms with E-state index in [0.717, 1.165) is 6.54 Å². The number of nitrogens with zero attached hydrogens (tertiary/aromatic N) is 1. The number of thiazole rings is 1. The lowest BCUT2D eigenvalue weighted by Crippen LogP contribution is -2.27. The van der Waals surface area contributed by atoms with Crippen molar-refractivity contribution in [3.05, 3.63) is 15.6 Å². The third-order valence-electron chi connectivity index (χ3n) is 2.54. The van der Waals surface area contributed by atoms with Crippen LogP contribution in [0.4, 0.5) is 0 Å². The van der Waals surface area contributed by atoms with E-state index in [4.69, 9.17) is 0 Å². The summed E-state index contributed by atoms with van der Waals surface area (Å²) in [6.45, 7) is 9.58. The van der Waals surface area contributed by atoms with Crippen molar-refractivity contribution < 1.29 is 0 Å². The topological polar surface area (TPSA) is 24.9 Å². The van der Waals surface area contributed by atoms with E-state index < -0.39 is 0 Å². The molecule has 2 nitrogen and oxygen atoms in total. The maximum atomic E-state index is 4.51. The van der Waals surface area contributed by atoms with Crippen molar-refractivity contribution in [1.82, 2.24) is 10.3 Å². The Kier molecular flexibility index (Phi) is 4.55. The van der Waals surface area contributed by atoms with Crippen molar-refractivity contribution in [3.8, 4) is 0 Å². The minimum absolute atomic E-state index is 0.636. The summed E-state index contributed by atoms with van der Waals surface area (Å²) >= 11 is 1.78. The standard InChI is InChI=1S/C11H20N2S/c1-5-10(6-2)12-7-11-8(3)14-9(4)13-11/h10,12H,5-7H2,1-4H3. The molecular formula is C11H20N2S. The van der Waals surface area contributed by atoms with Gasteiger partial charge in [0.1, 0.15) is 0 Å². The molecule has 1 aromatic rings. The summed E-state index contributed by atoms with van der Waals surface area (Å²) in [6.07, 6.45) is 2.39. The molecule has 1 rings (SSSR count). The molecule has 1 N–H and O–H groups in total. The normalized spacial score (nSPS) is 11.2. The summed E-state index contributed by atoms with van der Waals surface area (Å²) in [6, 6.07) is 0.636. The number of aromatic nitrogens is 1. The van der Waals surface area contributed by atoms with Gasteiger partial charge < -0.3 is 5.32 Å². The Labute approximate surface area is 90.8 Å². The van der Waals surface area contributed by atoms with Crippen LogP contribution in [0, 0.1) is 13.8 Å². The summed E-state index contributed by atoms with van der Waals surface area (Å²) in [7, 11) is 0. The molecule has 0 aliphatic heterocycles. The van der Waals surface area contributed by atoms with Crippen LogP contribution >= 0.6 is 11.3 Å². The first kappa shape index (κ1) is 11.7. The molecule has 0 aliphatic rings. The van der Waals surface area contributed by atoms with E-state index in [9.17, 15) is 0 Å². The molecule has 14 heavy (non-hydrogen) atoms. The Hall–Kier alpha value is -0.410. The Morgan fingerprint density at radius 2 is 1.93 bits per heavy atom. The fourth-order valence-electron chi connectivity index (χ4n) is 1.55. The van der Waals surface area contributed by atoms with Gasteiger partial charge in [-0.25, -0.2) is 4.98 Å². The molecule has 80 valence electrons. The van der Waals surface area contributed by atoms with Crippen LogP contribution in [0.15, 0.2) is 0 Å². The molecule has 1 heterocycles. The Morgan fingerprint density at radius 3 is 2.36 bits per heavy atom. The lowest BCUT2D eigenvalue weighted by molar-refractivity contribution is 0.480. The van der Waals surface area contributed by atoms with Crippen molar-refractivity contribution in [3.63, 3.8) is 0 Å².